The number of hydrogen-bond donors (Lipinski definition) is 1. The van der Waals surface area contributed by atoms with Gasteiger partial charge >= 0.3 is 0 Å². The Labute approximate surface area is 112 Å². The van der Waals surface area contributed by atoms with Crippen molar-refractivity contribution in [2.45, 2.75) is 26.0 Å². The lowest BCUT2D eigenvalue weighted by molar-refractivity contribution is 0.588. The van der Waals surface area contributed by atoms with Gasteiger partial charge in [0, 0.05) is 16.7 Å². The minimum absolute atomic E-state index is 0.163. The smallest absolute Gasteiger partial charge is 0.154 e. The highest BCUT2D eigenvalue weighted by atomic mass is 79.9. The molecule has 5 heteroatoms. The second-order valence-corrected chi connectivity index (χ2v) is 7.95. The van der Waals surface area contributed by atoms with Crippen molar-refractivity contribution in [3.8, 4) is 0 Å². The third-order valence-electron chi connectivity index (χ3n) is 2.48. The second-order valence-electron chi connectivity index (χ2n) is 4.36. The summed E-state index contributed by atoms with van der Waals surface area (Å²) in [4.78, 5) is 0. The second kappa shape index (κ2) is 5.87. The fourth-order valence-electron chi connectivity index (χ4n) is 1.41. The zero-order valence-corrected chi connectivity index (χ0v) is 12.7. The Hall–Kier alpha value is -0.550. The van der Waals surface area contributed by atoms with Gasteiger partial charge in [0.05, 0.1) is 11.0 Å². The van der Waals surface area contributed by atoms with Crippen LogP contribution in [0, 0.1) is 6.92 Å². The van der Waals surface area contributed by atoms with Gasteiger partial charge in [-0.05, 0) is 44.5 Å². The highest BCUT2D eigenvalue weighted by Crippen LogP contribution is 2.18. The first-order chi connectivity index (χ1) is 7.81. The zero-order chi connectivity index (χ0) is 13.1. The Kier molecular flexibility index (Phi) is 5.01. The summed E-state index contributed by atoms with van der Waals surface area (Å²) in [6.45, 7) is 5.86. The molecule has 17 heavy (non-hydrogen) atoms. The number of benzene rings is 1. The molecule has 1 rings (SSSR count). The van der Waals surface area contributed by atoms with Crippen LogP contribution in [0.5, 0.6) is 0 Å². The molecule has 1 aromatic rings. The fourth-order valence-corrected chi connectivity index (χ4v) is 2.88. The van der Waals surface area contributed by atoms with Gasteiger partial charge in [-0.25, -0.2) is 8.42 Å². The Balaban J connectivity index is 2.57. The van der Waals surface area contributed by atoms with Crippen molar-refractivity contribution < 1.29 is 8.42 Å². The van der Waals surface area contributed by atoms with E-state index in [0.717, 1.165) is 15.7 Å². The fraction of sp³-hybridized carbons (Fsp3) is 0.500. The summed E-state index contributed by atoms with van der Waals surface area (Å²) in [6.07, 6.45) is 0. The summed E-state index contributed by atoms with van der Waals surface area (Å²) in [5.74, 6) is 0.163. The number of anilines is 1. The SMILES string of the molecule is Cc1cc(Br)cc(NCCS(=O)(=O)C(C)C)c1. The molecule has 0 radical (unpaired) electrons. The van der Waals surface area contributed by atoms with Crippen molar-refractivity contribution in [2.75, 3.05) is 17.6 Å². The molecule has 0 aromatic heterocycles. The lowest BCUT2D eigenvalue weighted by Crippen LogP contribution is -2.22. The van der Waals surface area contributed by atoms with Crippen LogP contribution in [0.3, 0.4) is 0 Å². The average Bonchev–Trinajstić information content (AvgIpc) is 2.15. The van der Waals surface area contributed by atoms with Gasteiger partial charge in [-0.2, -0.15) is 0 Å². The van der Waals surface area contributed by atoms with Crippen molar-refractivity contribution in [3.63, 3.8) is 0 Å². The Bertz CT molecular complexity index is 463. The normalized spacial score (nSPS) is 11.8. The van der Waals surface area contributed by atoms with Gasteiger partial charge in [-0.15, -0.1) is 0 Å². The molecule has 0 heterocycles. The summed E-state index contributed by atoms with van der Waals surface area (Å²) in [7, 11) is -2.96. The molecule has 0 aliphatic carbocycles. The van der Waals surface area contributed by atoms with Crippen LogP contribution in [0.4, 0.5) is 5.69 Å². The number of halogens is 1. The van der Waals surface area contributed by atoms with Gasteiger partial charge in [0.2, 0.25) is 0 Å². The lowest BCUT2D eigenvalue weighted by Gasteiger charge is -2.10. The Morgan fingerprint density at radius 3 is 2.47 bits per heavy atom. The van der Waals surface area contributed by atoms with Crippen LogP contribution >= 0.6 is 15.9 Å². The molecule has 1 aromatic carbocycles. The predicted octanol–water partition coefficient (Wildman–Crippen LogP) is 2.99. The van der Waals surface area contributed by atoms with E-state index in [9.17, 15) is 8.42 Å². The van der Waals surface area contributed by atoms with Crippen molar-refractivity contribution in [3.05, 3.63) is 28.2 Å². The van der Waals surface area contributed by atoms with Crippen molar-refractivity contribution in [1.29, 1.82) is 0 Å². The molecule has 0 saturated heterocycles. The minimum Gasteiger partial charge on any atom is -0.384 e. The third-order valence-corrected chi connectivity index (χ3v) is 5.14. The largest absolute Gasteiger partial charge is 0.384 e. The number of hydrogen-bond acceptors (Lipinski definition) is 3. The highest BCUT2D eigenvalue weighted by Gasteiger charge is 2.14. The minimum atomic E-state index is -2.96. The monoisotopic (exact) mass is 319 g/mol. The number of aryl methyl sites for hydroxylation is 1. The van der Waals surface area contributed by atoms with Gasteiger partial charge < -0.3 is 5.32 Å². The number of rotatable bonds is 5. The van der Waals surface area contributed by atoms with Crippen LogP contribution < -0.4 is 5.32 Å². The van der Waals surface area contributed by atoms with Crippen LogP contribution in [-0.4, -0.2) is 26.0 Å². The Morgan fingerprint density at radius 1 is 1.29 bits per heavy atom. The van der Waals surface area contributed by atoms with E-state index in [-0.39, 0.29) is 11.0 Å². The quantitative estimate of drug-likeness (QED) is 0.907. The molecule has 0 spiro atoms. The van der Waals surface area contributed by atoms with Gasteiger partial charge in [-0.3, -0.25) is 0 Å². The zero-order valence-electron chi connectivity index (χ0n) is 10.3. The maximum Gasteiger partial charge on any atom is 0.154 e. The maximum absolute atomic E-state index is 11.6. The first-order valence-electron chi connectivity index (χ1n) is 5.54. The highest BCUT2D eigenvalue weighted by molar-refractivity contribution is 9.10. The van der Waals surface area contributed by atoms with E-state index in [0.29, 0.717) is 6.54 Å². The van der Waals surface area contributed by atoms with Gasteiger partial charge in [-0.1, -0.05) is 15.9 Å². The van der Waals surface area contributed by atoms with Crippen LogP contribution in [-0.2, 0) is 9.84 Å². The summed E-state index contributed by atoms with van der Waals surface area (Å²) in [5, 5.41) is 2.82. The van der Waals surface area contributed by atoms with Gasteiger partial charge in [0.25, 0.3) is 0 Å². The first kappa shape index (κ1) is 14.5. The van der Waals surface area contributed by atoms with E-state index in [4.69, 9.17) is 0 Å². The molecular formula is C12H18BrNO2S. The molecule has 0 bridgehead atoms. The molecule has 0 unspecified atom stereocenters. The van der Waals surface area contributed by atoms with Crippen LogP contribution in [0.2, 0.25) is 0 Å². The maximum atomic E-state index is 11.6. The molecule has 0 amide bonds. The van der Waals surface area contributed by atoms with E-state index in [1.165, 1.54) is 0 Å². The van der Waals surface area contributed by atoms with E-state index in [2.05, 4.69) is 21.2 Å². The van der Waals surface area contributed by atoms with Crippen LogP contribution in [0.1, 0.15) is 19.4 Å². The van der Waals surface area contributed by atoms with Gasteiger partial charge in [0.15, 0.2) is 9.84 Å². The first-order valence-corrected chi connectivity index (χ1v) is 8.05. The van der Waals surface area contributed by atoms with E-state index in [1.807, 2.05) is 25.1 Å². The van der Waals surface area contributed by atoms with E-state index in [1.54, 1.807) is 13.8 Å². The van der Waals surface area contributed by atoms with Crippen molar-refractivity contribution in [2.24, 2.45) is 0 Å². The molecule has 3 nitrogen and oxygen atoms in total. The summed E-state index contributed by atoms with van der Waals surface area (Å²) in [5.41, 5.74) is 2.07. The molecule has 0 aliphatic rings. The van der Waals surface area contributed by atoms with E-state index >= 15 is 0 Å². The summed E-state index contributed by atoms with van der Waals surface area (Å²) < 4.78 is 24.2. The topological polar surface area (TPSA) is 46.2 Å². The van der Waals surface area contributed by atoms with Crippen molar-refractivity contribution >= 4 is 31.5 Å². The lowest BCUT2D eigenvalue weighted by atomic mass is 10.2. The molecule has 1 N–H and O–H groups in total. The molecular weight excluding hydrogens is 302 g/mol. The molecule has 0 fully saturated rings. The molecule has 96 valence electrons. The van der Waals surface area contributed by atoms with Gasteiger partial charge in [0.1, 0.15) is 0 Å². The predicted molar refractivity (Wildman–Crippen MR) is 76.3 cm³/mol. The standard InChI is InChI=1S/C12H18BrNO2S/c1-9(2)17(15,16)5-4-14-12-7-10(3)6-11(13)8-12/h6-9,14H,4-5H2,1-3H3. The summed E-state index contributed by atoms with van der Waals surface area (Å²) in [6, 6.07) is 5.94. The molecule has 0 atom stereocenters. The van der Waals surface area contributed by atoms with Crippen LogP contribution in [0.15, 0.2) is 22.7 Å². The van der Waals surface area contributed by atoms with E-state index < -0.39 is 9.84 Å². The van der Waals surface area contributed by atoms with Crippen molar-refractivity contribution in [1.82, 2.24) is 0 Å². The summed E-state index contributed by atoms with van der Waals surface area (Å²) >= 11 is 3.41. The van der Waals surface area contributed by atoms with Crippen LogP contribution in [0.25, 0.3) is 0 Å². The molecule has 0 saturated carbocycles. The average molecular weight is 320 g/mol. The Morgan fingerprint density at radius 2 is 1.94 bits per heavy atom. The number of nitrogens with one attached hydrogen (secondary N) is 1. The molecule has 0 aliphatic heterocycles. The number of sulfone groups is 1. The third kappa shape index (κ3) is 4.68.